The van der Waals surface area contributed by atoms with Crippen LogP contribution in [0.4, 0.5) is 17.3 Å². The highest BCUT2D eigenvalue weighted by molar-refractivity contribution is 6.50. The van der Waals surface area contributed by atoms with Gasteiger partial charge in [-0.1, -0.05) is 12.1 Å². The molecule has 4 nitrogen and oxygen atoms in total. The molecule has 0 spiro atoms. The van der Waals surface area contributed by atoms with Crippen LogP contribution in [0.1, 0.15) is 0 Å². The van der Waals surface area contributed by atoms with E-state index in [0.29, 0.717) is 5.82 Å². The van der Waals surface area contributed by atoms with E-state index in [1.165, 1.54) is 0 Å². The molecule has 0 fully saturated rings. The van der Waals surface area contributed by atoms with Gasteiger partial charge in [0, 0.05) is 35.7 Å². The van der Waals surface area contributed by atoms with Crippen molar-refractivity contribution < 1.29 is 26.9 Å². The van der Waals surface area contributed by atoms with E-state index in [1.807, 2.05) is 48.3 Å². The molecule has 0 aliphatic rings. The number of aromatic nitrogens is 3. The topological polar surface area (TPSA) is 49.9 Å². The summed E-state index contributed by atoms with van der Waals surface area (Å²) in [6.07, 6.45) is 7.52. The average Bonchev–Trinajstić information content (AvgIpc) is 2.55. The van der Waals surface area contributed by atoms with Gasteiger partial charge >= 0.3 is 7.25 Å². The molecular weight excluding hydrogens is 337 g/mol. The van der Waals surface area contributed by atoms with Gasteiger partial charge in [-0.25, -0.2) is 14.5 Å². The van der Waals surface area contributed by atoms with Gasteiger partial charge in [0.05, 0.1) is 0 Å². The molecule has 0 amide bonds. The Bertz CT molecular complexity index is 736. The molecule has 0 saturated carbocycles. The van der Waals surface area contributed by atoms with Crippen LogP contribution in [0.15, 0.2) is 61.2 Å². The maximum atomic E-state index is 9.75. The van der Waals surface area contributed by atoms with Crippen molar-refractivity contribution in [2.24, 2.45) is 7.05 Å². The number of rotatable bonds is 2. The molecule has 0 aliphatic heterocycles. The van der Waals surface area contributed by atoms with E-state index in [0.717, 1.165) is 16.7 Å². The molecule has 0 aliphatic carbocycles. The summed E-state index contributed by atoms with van der Waals surface area (Å²) < 4.78 is 41.0. The van der Waals surface area contributed by atoms with E-state index in [-0.39, 0.29) is 5.75 Å². The Morgan fingerprint density at radius 3 is 1.76 bits per heavy atom. The summed E-state index contributed by atoms with van der Waals surface area (Å²) >= 11 is 0. The molecule has 0 radical (unpaired) electrons. The van der Waals surface area contributed by atoms with Crippen molar-refractivity contribution in [2.75, 3.05) is 0 Å². The zero-order chi connectivity index (χ0) is 18.4. The van der Waals surface area contributed by atoms with E-state index >= 15 is 0 Å². The van der Waals surface area contributed by atoms with Crippen LogP contribution in [0.25, 0.3) is 22.5 Å². The summed E-state index contributed by atoms with van der Waals surface area (Å²) in [6, 6.07) is 11.0. The SMILES string of the molecule is C[n+]1ccc(-c2ncc(-c3ccc(O)cc3)cn2)cc1.F[B-](F)(F)F. The second-order valence-electron chi connectivity index (χ2n) is 5.09. The molecule has 9 heteroatoms. The second kappa shape index (κ2) is 7.74. The molecule has 25 heavy (non-hydrogen) atoms. The number of nitrogens with zero attached hydrogens (tertiary/aromatic N) is 3. The Morgan fingerprint density at radius 1 is 0.800 bits per heavy atom. The number of aromatic hydroxyl groups is 1. The predicted octanol–water partition coefficient (Wildman–Crippen LogP) is 3.64. The number of phenolic OH excluding ortho intramolecular Hbond substituents is 1. The van der Waals surface area contributed by atoms with Gasteiger partial charge in [0.25, 0.3) is 0 Å². The lowest BCUT2D eigenvalue weighted by molar-refractivity contribution is -0.671. The van der Waals surface area contributed by atoms with Crippen LogP contribution in [0, 0.1) is 0 Å². The summed E-state index contributed by atoms with van der Waals surface area (Å²) in [7, 11) is -4.03. The first-order valence-corrected chi connectivity index (χ1v) is 7.17. The molecule has 0 bridgehead atoms. The lowest BCUT2D eigenvalue weighted by Crippen LogP contribution is -2.25. The highest BCUT2D eigenvalue weighted by Crippen LogP contribution is 2.21. The average molecular weight is 351 g/mol. The van der Waals surface area contributed by atoms with E-state index in [9.17, 15) is 22.4 Å². The van der Waals surface area contributed by atoms with E-state index in [1.54, 1.807) is 24.5 Å². The third-order valence-corrected chi connectivity index (χ3v) is 3.09. The third kappa shape index (κ3) is 6.21. The van der Waals surface area contributed by atoms with Crippen molar-refractivity contribution in [3.8, 4) is 28.3 Å². The van der Waals surface area contributed by atoms with Gasteiger partial charge in [-0.05, 0) is 17.7 Å². The number of phenols is 1. The minimum atomic E-state index is -6.00. The number of hydrogen-bond donors (Lipinski definition) is 1. The van der Waals surface area contributed by atoms with Crippen LogP contribution in [0.5, 0.6) is 5.75 Å². The van der Waals surface area contributed by atoms with Crippen LogP contribution < -0.4 is 4.57 Å². The Kier molecular flexibility index (Phi) is 5.69. The van der Waals surface area contributed by atoms with Crippen molar-refractivity contribution in [2.45, 2.75) is 0 Å². The largest absolute Gasteiger partial charge is 0.673 e. The lowest BCUT2D eigenvalue weighted by atomic mass is 10.1. The number of benzene rings is 1. The van der Waals surface area contributed by atoms with Gasteiger partial charge in [0.1, 0.15) is 12.8 Å². The summed E-state index contributed by atoms with van der Waals surface area (Å²) in [5, 5.41) is 9.29. The monoisotopic (exact) mass is 351 g/mol. The van der Waals surface area contributed by atoms with Gasteiger partial charge in [-0.2, -0.15) is 0 Å². The van der Waals surface area contributed by atoms with E-state index < -0.39 is 7.25 Å². The second-order valence-corrected chi connectivity index (χ2v) is 5.09. The van der Waals surface area contributed by atoms with Crippen LogP contribution in [-0.2, 0) is 7.05 Å². The van der Waals surface area contributed by atoms with Gasteiger partial charge < -0.3 is 22.4 Å². The van der Waals surface area contributed by atoms with Crippen LogP contribution in [0.2, 0.25) is 0 Å². The molecule has 1 aromatic carbocycles. The first-order valence-electron chi connectivity index (χ1n) is 7.17. The first-order chi connectivity index (χ1) is 11.7. The summed E-state index contributed by atoms with van der Waals surface area (Å²) in [5.41, 5.74) is 2.89. The maximum absolute atomic E-state index is 9.75. The van der Waals surface area contributed by atoms with Crippen molar-refractivity contribution in [3.05, 3.63) is 61.2 Å². The van der Waals surface area contributed by atoms with Gasteiger partial charge in [0.2, 0.25) is 0 Å². The highest BCUT2D eigenvalue weighted by Gasteiger charge is 2.20. The van der Waals surface area contributed by atoms with Crippen molar-refractivity contribution in [1.82, 2.24) is 9.97 Å². The minimum Gasteiger partial charge on any atom is -0.508 e. The van der Waals surface area contributed by atoms with Crippen LogP contribution in [0.3, 0.4) is 0 Å². The predicted molar refractivity (Wildman–Crippen MR) is 85.9 cm³/mol. The molecule has 0 unspecified atom stereocenters. The highest BCUT2D eigenvalue weighted by atomic mass is 19.5. The molecule has 130 valence electrons. The molecule has 3 aromatic rings. The van der Waals surface area contributed by atoms with Crippen LogP contribution >= 0.6 is 0 Å². The Balaban J connectivity index is 0.000000399. The minimum absolute atomic E-state index is 0.253. The summed E-state index contributed by atoms with van der Waals surface area (Å²) in [6.45, 7) is 0. The fourth-order valence-corrected chi connectivity index (χ4v) is 1.93. The van der Waals surface area contributed by atoms with E-state index in [2.05, 4.69) is 9.97 Å². The molecule has 1 N–H and O–H groups in total. The Morgan fingerprint density at radius 2 is 1.28 bits per heavy atom. The Hall–Kier alpha value is -2.97. The van der Waals surface area contributed by atoms with Crippen molar-refractivity contribution in [1.29, 1.82) is 0 Å². The molecule has 0 atom stereocenters. The van der Waals surface area contributed by atoms with Crippen molar-refractivity contribution >= 4 is 7.25 Å². The standard InChI is InChI=1S/C16H13N3O.BF4/c1-19-8-6-13(7-9-19)16-17-10-14(11-18-16)12-2-4-15(20)5-3-12;2-1(3,4)5/h2-11H,1H3;/q;-1/p+1. The zero-order valence-electron chi connectivity index (χ0n) is 13.2. The fraction of sp³-hybridized carbons (Fsp3) is 0.0625. The van der Waals surface area contributed by atoms with Crippen molar-refractivity contribution in [3.63, 3.8) is 0 Å². The summed E-state index contributed by atoms with van der Waals surface area (Å²) in [4.78, 5) is 8.79. The first kappa shape index (κ1) is 18.4. The molecular formula is C16H14BF4N3O. The smallest absolute Gasteiger partial charge is 0.508 e. The number of pyridine rings is 1. The molecule has 2 heterocycles. The molecule has 3 rings (SSSR count). The molecule has 0 saturated heterocycles. The third-order valence-electron chi connectivity index (χ3n) is 3.09. The molecule has 2 aromatic heterocycles. The van der Waals surface area contributed by atoms with Gasteiger partial charge in [-0.3, -0.25) is 0 Å². The normalized spacial score (nSPS) is 10.8. The maximum Gasteiger partial charge on any atom is 0.673 e. The summed E-state index contributed by atoms with van der Waals surface area (Å²) in [5.74, 6) is 0.955. The Labute approximate surface area is 141 Å². The van der Waals surface area contributed by atoms with Gasteiger partial charge in [0.15, 0.2) is 18.2 Å². The number of halogens is 4. The van der Waals surface area contributed by atoms with Crippen LogP contribution in [-0.4, -0.2) is 22.3 Å². The number of hydrogen-bond acceptors (Lipinski definition) is 3. The quantitative estimate of drug-likeness (QED) is 0.436. The zero-order valence-corrected chi connectivity index (χ0v) is 13.2. The fourth-order valence-electron chi connectivity index (χ4n) is 1.93. The number of aryl methyl sites for hydroxylation is 1. The lowest BCUT2D eigenvalue weighted by Gasteiger charge is -2.03. The van der Waals surface area contributed by atoms with E-state index in [4.69, 9.17) is 0 Å². The van der Waals surface area contributed by atoms with Gasteiger partial charge in [-0.15, -0.1) is 0 Å².